The van der Waals surface area contributed by atoms with Crippen LogP contribution in [0.3, 0.4) is 0 Å². The first-order valence-electron chi connectivity index (χ1n) is 6.90. The summed E-state index contributed by atoms with van der Waals surface area (Å²) in [6.45, 7) is 0. The van der Waals surface area contributed by atoms with Gasteiger partial charge in [0.1, 0.15) is 5.75 Å². The van der Waals surface area contributed by atoms with Gasteiger partial charge in [-0.1, -0.05) is 42.5 Å². The van der Waals surface area contributed by atoms with Crippen molar-refractivity contribution >= 4 is 11.9 Å². The second kappa shape index (κ2) is 5.18. The van der Waals surface area contributed by atoms with Crippen LogP contribution in [0.1, 0.15) is 11.1 Å². The molecule has 22 heavy (non-hydrogen) atoms. The van der Waals surface area contributed by atoms with E-state index >= 15 is 0 Å². The molecule has 2 aromatic carbocycles. The number of ether oxygens (including phenoxy) is 1. The first-order chi connectivity index (χ1) is 10.6. The molecule has 1 atom stereocenters. The molecule has 3 rings (SSSR count). The van der Waals surface area contributed by atoms with Crippen LogP contribution in [0.5, 0.6) is 5.75 Å². The maximum Gasteiger partial charge on any atom is 0.325 e. The minimum absolute atomic E-state index is 0.297. The SMILES string of the molecule is COc1ccc([C@@]2(c3ccccc3)NC(=O)N(C)C2=O)cc1. The molecule has 1 aliphatic heterocycles. The van der Waals surface area contributed by atoms with Gasteiger partial charge < -0.3 is 10.1 Å². The number of amides is 3. The third kappa shape index (κ3) is 1.94. The number of methoxy groups -OCH3 is 1. The fourth-order valence-corrected chi connectivity index (χ4v) is 2.73. The Morgan fingerprint density at radius 3 is 2.05 bits per heavy atom. The van der Waals surface area contributed by atoms with Gasteiger partial charge in [-0.15, -0.1) is 0 Å². The lowest BCUT2D eigenvalue weighted by Gasteiger charge is -2.27. The van der Waals surface area contributed by atoms with E-state index in [9.17, 15) is 9.59 Å². The van der Waals surface area contributed by atoms with E-state index < -0.39 is 11.6 Å². The minimum atomic E-state index is -1.20. The van der Waals surface area contributed by atoms with Crippen molar-refractivity contribution in [3.63, 3.8) is 0 Å². The van der Waals surface area contributed by atoms with Crippen LogP contribution in [-0.4, -0.2) is 31.0 Å². The van der Waals surface area contributed by atoms with Crippen molar-refractivity contribution in [3.8, 4) is 5.75 Å². The van der Waals surface area contributed by atoms with Crippen LogP contribution >= 0.6 is 0 Å². The molecule has 0 aromatic heterocycles. The molecule has 1 aliphatic rings. The van der Waals surface area contributed by atoms with Crippen LogP contribution in [0.15, 0.2) is 54.6 Å². The molecular formula is C17H16N2O3. The largest absolute Gasteiger partial charge is 0.497 e. The summed E-state index contributed by atoms with van der Waals surface area (Å²) in [6, 6.07) is 16.0. The van der Waals surface area contributed by atoms with Crippen molar-refractivity contribution < 1.29 is 14.3 Å². The van der Waals surface area contributed by atoms with Gasteiger partial charge in [0.2, 0.25) is 0 Å². The summed E-state index contributed by atoms with van der Waals surface area (Å²) < 4.78 is 5.16. The molecule has 112 valence electrons. The zero-order chi connectivity index (χ0) is 15.7. The average Bonchev–Trinajstić information content (AvgIpc) is 2.81. The van der Waals surface area contributed by atoms with E-state index in [-0.39, 0.29) is 5.91 Å². The molecule has 0 radical (unpaired) electrons. The van der Waals surface area contributed by atoms with Crippen LogP contribution in [0.2, 0.25) is 0 Å². The summed E-state index contributed by atoms with van der Waals surface area (Å²) in [5, 5.41) is 2.83. The van der Waals surface area contributed by atoms with Gasteiger partial charge in [-0.25, -0.2) is 4.79 Å². The summed E-state index contributed by atoms with van der Waals surface area (Å²) in [5.74, 6) is 0.394. The molecule has 0 saturated carbocycles. The van der Waals surface area contributed by atoms with E-state index in [2.05, 4.69) is 5.32 Å². The predicted molar refractivity (Wildman–Crippen MR) is 81.5 cm³/mol. The molecule has 5 heteroatoms. The standard InChI is InChI=1S/C17H16N2O3/c1-19-15(20)17(18-16(19)21,12-6-4-3-5-7-12)13-8-10-14(22-2)11-9-13/h3-11H,1-2H3,(H,18,21)/t17-/m1/s1. The minimum Gasteiger partial charge on any atom is -0.497 e. The van der Waals surface area contributed by atoms with Gasteiger partial charge in [0.15, 0.2) is 5.54 Å². The lowest BCUT2D eigenvalue weighted by molar-refractivity contribution is -0.129. The third-order valence-electron chi connectivity index (χ3n) is 3.95. The van der Waals surface area contributed by atoms with Crippen molar-refractivity contribution in [1.82, 2.24) is 10.2 Å². The van der Waals surface area contributed by atoms with E-state index in [0.717, 1.165) is 10.5 Å². The quantitative estimate of drug-likeness (QED) is 0.883. The van der Waals surface area contributed by atoms with E-state index in [1.807, 2.05) is 30.3 Å². The van der Waals surface area contributed by atoms with E-state index in [4.69, 9.17) is 4.74 Å². The Bertz CT molecular complexity index is 712. The number of nitrogens with one attached hydrogen (secondary N) is 1. The second-order valence-corrected chi connectivity index (χ2v) is 5.14. The van der Waals surface area contributed by atoms with E-state index in [1.54, 1.807) is 31.4 Å². The first-order valence-corrected chi connectivity index (χ1v) is 6.90. The molecule has 0 bridgehead atoms. The Labute approximate surface area is 128 Å². The normalized spacial score (nSPS) is 20.9. The summed E-state index contributed by atoms with van der Waals surface area (Å²) >= 11 is 0. The highest BCUT2D eigenvalue weighted by molar-refractivity contribution is 6.09. The number of nitrogens with zero attached hydrogens (tertiary/aromatic N) is 1. The molecule has 1 fully saturated rings. The zero-order valence-electron chi connectivity index (χ0n) is 12.4. The summed E-state index contributed by atoms with van der Waals surface area (Å²) in [5.41, 5.74) is 0.226. The molecule has 1 N–H and O–H groups in total. The van der Waals surface area contributed by atoms with Crippen molar-refractivity contribution in [2.45, 2.75) is 5.54 Å². The van der Waals surface area contributed by atoms with Gasteiger partial charge in [0.05, 0.1) is 7.11 Å². The zero-order valence-corrected chi connectivity index (χ0v) is 12.4. The van der Waals surface area contributed by atoms with E-state index in [1.165, 1.54) is 7.05 Å². The van der Waals surface area contributed by atoms with Gasteiger partial charge in [-0.05, 0) is 23.3 Å². The van der Waals surface area contributed by atoms with Crippen LogP contribution in [0.25, 0.3) is 0 Å². The highest BCUT2D eigenvalue weighted by Crippen LogP contribution is 2.36. The van der Waals surface area contributed by atoms with E-state index in [0.29, 0.717) is 11.3 Å². The fraction of sp³-hybridized carbons (Fsp3) is 0.176. The lowest BCUT2D eigenvalue weighted by Crippen LogP contribution is -2.44. The van der Waals surface area contributed by atoms with Gasteiger partial charge in [-0.2, -0.15) is 0 Å². The molecule has 0 spiro atoms. The van der Waals surface area contributed by atoms with Crippen molar-refractivity contribution in [2.75, 3.05) is 14.2 Å². The molecule has 1 heterocycles. The number of carbonyl (C=O) groups excluding carboxylic acids is 2. The Morgan fingerprint density at radius 1 is 0.955 bits per heavy atom. The van der Waals surface area contributed by atoms with Gasteiger partial charge >= 0.3 is 6.03 Å². The number of hydrogen-bond acceptors (Lipinski definition) is 3. The molecule has 1 saturated heterocycles. The number of imide groups is 1. The smallest absolute Gasteiger partial charge is 0.325 e. The molecule has 5 nitrogen and oxygen atoms in total. The third-order valence-corrected chi connectivity index (χ3v) is 3.95. The van der Waals surface area contributed by atoms with Gasteiger partial charge in [0, 0.05) is 7.05 Å². The number of urea groups is 1. The van der Waals surface area contributed by atoms with Gasteiger partial charge in [0.25, 0.3) is 5.91 Å². The second-order valence-electron chi connectivity index (χ2n) is 5.14. The van der Waals surface area contributed by atoms with Crippen molar-refractivity contribution in [3.05, 3.63) is 65.7 Å². The first kappa shape index (κ1) is 14.1. The Morgan fingerprint density at radius 2 is 1.55 bits per heavy atom. The van der Waals surface area contributed by atoms with Crippen LogP contribution < -0.4 is 10.1 Å². The molecule has 2 aromatic rings. The summed E-state index contributed by atoms with van der Waals surface area (Å²) in [4.78, 5) is 26.0. The Hall–Kier alpha value is -2.82. The predicted octanol–water partition coefficient (Wildman–Crippen LogP) is 2.12. The number of likely N-dealkylation sites (N-methyl/N-ethyl adjacent to an activating group) is 1. The van der Waals surface area contributed by atoms with Gasteiger partial charge in [-0.3, -0.25) is 9.69 Å². The lowest BCUT2D eigenvalue weighted by atomic mass is 9.82. The average molecular weight is 296 g/mol. The highest BCUT2D eigenvalue weighted by Gasteiger charge is 2.52. The topological polar surface area (TPSA) is 58.6 Å². The number of carbonyl (C=O) groups is 2. The van der Waals surface area contributed by atoms with Crippen LogP contribution in [0.4, 0.5) is 4.79 Å². The van der Waals surface area contributed by atoms with Crippen LogP contribution in [0, 0.1) is 0 Å². The fourth-order valence-electron chi connectivity index (χ4n) is 2.73. The monoisotopic (exact) mass is 296 g/mol. The number of rotatable bonds is 3. The Balaban J connectivity index is 2.20. The number of benzene rings is 2. The number of hydrogen-bond donors (Lipinski definition) is 1. The summed E-state index contributed by atoms with van der Waals surface area (Å²) in [7, 11) is 3.06. The highest BCUT2D eigenvalue weighted by atomic mass is 16.5. The van der Waals surface area contributed by atoms with Crippen LogP contribution in [-0.2, 0) is 10.3 Å². The molecule has 3 amide bonds. The van der Waals surface area contributed by atoms with Crippen molar-refractivity contribution in [2.24, 2.45) is 0 Å². The maximum atomic E-state index is 12.8. The maximum absolute atomic E-state index is 12.8. The molecule has 0 aliphatic carbocycles. The van der Waals surface area contributed by atoms with Crippen molar-refractivity contribution in [1.29, 1.82) is 0 Å². The Kier molecular flexibility index (Phi) is 3.33. The molecule has 0 unspecified atom stereocenters. The molecular weight excluding hydrogens is 280 g/mol. The summed E-state index contributed by atoms with van der Waals surface area (Å²) in [6.07, 6.45) is 0.